The smallest absolute Gasteiger partial charge is 0.308 e. The summed E-state index contributed by atoms with van der Waals surface area (Å²) in [4.78, 5) is 24.7. The molecule has 1 aliphatic rings. The number of rotatable bonds is 6. The van der Waals surface area contributed by atoms with E-state index in [1.54, 1.807) is 13.8 Å². The maximum absolute atomic E-state index is 12.2. The summed E-state index contributed by atoms with van der Waals surface area (Å²) in [6, 6.07) is -1.29. The van der Waals surface area contributed by atoms with Gasteiger partial charge in [0.25, 0.3) is 0 Å². The highest BCUT2D eigenvalue weighted by atomic mass is 32.2. The zero-order chi connectivity index (χ0) is 15.5. The molecule has 0 spiro atoms. The van der Waals surface area contributed by atoms with E-state index >= 15 is 0 Å². The summed E-state index contributed by atoms with van der Waals surface area (Å²) >= 11 is 0. The molecule has 1 rings (SSSR count). The van der Waals surface area contributed by atoms with Crippen molar-refractivity contribution in [1.29, 1.82) is 0 Å². The second kappa shape index (κ2) is 6.53. The van der Waals surface area contributed by atoms with E-state index < -0.39 is 34.0 Å². The molecule has 1 amide bonds. The van der Waals surface area contributed by atoms with Crippen molar-refractivity contribution in [2.75, 3.05) is 12.3 Å². The van der Waals surface area contributed by atoms with Crippen LogP contribution in [0.5, 0.6) is 0 Å². The summed E-state index contributed by atoms with van der Waals surface area (Å²) in [5, 5.41) is 9.03. The van der Waals surface area contributed by atoms with Crippen molar-refractivity contribution < 1.29 is 23.1 Å². The van der Waals surface area contributed by atoms with Gasteiger partial charge >= 0.3 is 5.97 Å². The molecular weight excluding hydrogens is 284 g/mol. The van der Waals surface area contributed by atoms with E-state index in [9.17, 15) is 18.0 Å². The van der Waals surface area contributed by atoms with Crippen molar-refractivity contribution in [3.05, 3.63) is 0 Å². The van der Waals surface area contributed by atoms with Crippen molar-refractivity contribution in [2.45, 2.75) is 45.7 Å². The lowest BCUT2D eigenvalue weighted by Gasteiger charge is -2.26. The molecule has 1 aliphatic heterocycles. The van der Waals surface area contributed by atoms with E-state index in [1.165, 1.54) is 11.8 Å². The highest BCUT2D eigenvalue weighted by molar-refractivity contribution is 7.89. The lowest BCUT2D eigenvalue weighted by molar-refractivity contribution is -0.143. The van der Waals surface area contributed by atoms with E-state index in [0.29, 0.717) is 19.4 Å². The molecular formula is C12H22N2O5S. The zero-order valence-corrected chi connectivity index (χ0v) is 12.8. The number of carboxylic acid groups (broad SMARTS) is 1. The van der Waals surface area contributed by atoms with Crippen LogP contribution < -0.4 is 4.72 Å². The van der Waals surface area contributed by atoms with Gasteiger partial charge in [0.1, 0.15) is 0 Å². The first-order valence-corrected chi connectivity index (χ1v) is 8.38. The lowest BCUT2D eigenvalue weighted by Crippen LogP contribution is -2.49. The fourth-order valence-corrected chi connectivity index (χ4v) is 3.77. The second-order valence-electron chi connectivity index (χ2n) is 5.16. The van der Waals surface area contributed by atoms with Crippen LogP contribution in [0.15, 0.2) is 0 Å². The normalized spacial score (nSPS) is 24.6. The van der Waals surface area contributed by atoms with Crippen LogP contribution in [0.1, 0.15) is 33.6 Å². The SMILES string of the molecule is CCCS(=O)(=O)NC(C)C(=O)N1CCC(C(=O)O)C1C. The third-order valence-electron chi connectivity index (χ3n) is 3.55. The molecule has 0 aliphatic carbocycles. The van der Waals surface area contributed by atoms with Gasteiger partial charge < -0.3 is 10.0 Å². The molecule has 2 N–H and O–H groups in total. The number of hydrogen-bond donors (Lipinski definition) is 2. The number of carboxylic acids is 1. The minimum atomic E-state index is -3.47. The molecule has 8 heteroatoms. The number of carbonyl (C=O) groups excluding carboxylic acids is 1. The third-order valence-corrected chi connectivity index (χ3v) is 5.21. The first-order chi connectivity index (χ1) is 9.19. The summed E-state index contributed by atoms with van der Waals surface area (Å²) in [5.74, 6) is -1.91. The number of nitrogens with one attached hydrogen (secondary N) is 1. The first-order valence-electron chi connectivity index (χ1n) is 6.73. The number of aliphatic carboxylic acids is 1. The molecule has 0 radical (unpaired) electrons. The van der Waals surface area contributed by atoms with Crippen LogP contribution in [0.4, 0.5) is 0 Å². The van der Waals surface area contributed by atoms with Gasteiger partial charge in [-0.2, -0.15) is 0 Å². The van der Waals surface area contributed by atoms with E-state index in [0.717, 1.165) is 0 Å². The van der Waals surface area contributed by atoms with Gasteiger partial charge in [-0.1, -0.05) is 6.92 Å². The fourth-order valence-electron chi connectivity index (χ4n) is 2.48. The predicted molar refractivity (Wildman–Crippen MR) is 73.6 cm³/mol. The van der Waals surface area contributed by atoms with Crippen LogP contribution in [-0.4, -0.2) is 54.7 Å². The monoisotopic (exact) mass is 306 g/mol. The highest BCUT2D eigenvalue weighted by Gasteiger charge is 2.39. The van der Waals surface area contributed by atoms with Crippen LogP contribution in [0.2, 0.25) is 0 Å². The fraction of sp³-hybridized carbons (Fsp3) is 0.833. The van der Waals surface area contributed by atoms with Gasteiger partial charge in [-0.05, 0) is 26.7 Å². The molecule has 0 bridgehead atoms. The summed E-state index contributed by atoms with van der Waals surface area (Å²) in [5.41, 5.74) is 0. The molecule has 116 valence electrons. The third kappa shape index (κ3) is 3.92. The largest absolute Gasteiger partial charge is 0.481 e. The molecule has 0 saturated carbocycles. The average Bonchev–Trinajstić information content (AvgIpc) is 2.69. The van der Waals surface area contributed by atoms with Crippen molar-refractivity contribution in [3.8, 4) is 0 Å². The van der Waals surface area contributed by atoms with Gasteiger partial charge in [-0.25, -0.2) is 13.1 Å². The van der Waals surface area contributed by atoms with Crippen LogP contribution in [-0.2, 0) is 19.6 Å². The Balaban J connectivity index is 2.69. The van der Waals surface area contributed by atoms with E-state index in [4.69, 9.17) is 5.11 Å². The molecule has 7 nitrogen and oxygen atoms in total. The lowest BCUT2D eigenvalue weighted by atomic mass is 10.0. The molecule has 1 fully saturated rings. The van der Waals surface area contributed by atoms with E-state index in [2.05, 4.69) is 4.72 Å². The Kier molecular flexibility index (Phi) is 5.52. The van der Waals surface area contributed by atoms with Crippen LogP contribution in [0.3, 0.4) is 0 Å². The first kappa shape index (κ1) is 16.9. The van der Waals surface area contributed by atoms with Crippen LogP contribution in [0.25, 0.3) is 0 Å². The Morgan fingerprint density at radius 3 is 2.50 bits per heavy atom. The molecule has 0 aromatic rings. The number of likely N-dealkylation sites (tertiary alicyclic amines) is 1. The van der Waals surface area contributed by atoms with Crippen LogP contribution >= 0.6 is 0 Å². The van der Waals surface area contributed by atoms with Crippen molar-refractivity contribution in [2.24, 2.45) is 5.92 Å². The maximum Gasteiger partial charge on any atom is 0.308 e. The van der Waals surface area contributed by atoms with Gasteiger partial charge in [-0.3, -0.25) is 9.59 Å². The Labute approximate surface area is 119 Å². The Morgan fingerprint density at radius 2 is 2.05 bits per heavy atom. The molecule has 3 atom stereocenters. The number of carbonyl (C=O) groups is 2. The van der Waals surface area contributed by atoms with Gasteiger partial charge in [0.05, 0.1) is 17.7 Å². The standard InChI is InChI=1S/C12H22N2O5S/c1-4-7-20(18,19)13-8(2)11(15)14-6-5-10(9(14)3)12(16)17/h8-10,13H,4-7H2,1-3H3,(H,16,17). The topological polar surface area (TPSA) is 104 Å². The van der Waals surface area contributed by atoms with Crippen LogP contribution in [0, 0.1) is 5.92 Å². The average molecular weight is 306 g/mol. The summed E-state index contributed by atoms with van der Waals surface area (Å²) in [6.45, 7) is 5.25. The Hall–Kier alpha value is -1.15. The minimum absolute atomic E-state index is 0.0298. The van der Waals surface area contributed by atoms with E-state index in [1.807, 2.05) is 0 Å². The van der Waals surface area contributed by atoms with Crippen molar-refractivity contribution >= 4 is 21.9 Å². The Morgan fingerprint density at radius 1 is 1.45 bits per heavy atom. The molecule has 1 saturated heterocycles. The maximum atomic E-state index is 12.2. The van der Waals surface area contributed by atoms with Gasteiger partial charge in [0.15, 0.2) is 0 Å². The van der Waals surface area contributed by atoms with Gasteiger partial charge in [0, 0.05) is 12.6 Å². The summed E-state index contributed by atoms with van der Waals surface area (Å²) in [7, 11) is -3.47. The molecule has 3 unspecified atom stereocenters. The number of amides is 1. The summed E-state index contributed by atoms with van der Waals surface area (Å²) < 4.78 is 25.6. The molecule has 0 aromatic carbocycles. The molecule has 0 aromatic heterocycles. The van der Waals surface area contributed by atoms with Gasteiger partial charge in [0.2, 0.25) is 15.9 Å². The second-order valence-corrected chi connectivity index (χ2v) is 7.04. The zero-order valence-electron chi connectivity index (χ0n) is 12.0. The number of hydrogen-bond acceptors (Lipinski definition) is 4. The van der Waals surface area contributed by atoms with Gasteiger partial charge in [-0.15, -0.1) is 0 Å². The summed E-state index contributed by atoms with van der Waals surface area (Å²) in [6.07, 6.45) is 0.869. The highest BCUT2D eigenvalue weighted by Crippen LogP contribution is 2.24. The predicted octanol–water partition coefficient (Wildman–Crippen LogP) is 0.0259. The number of nitrogens with zero attached hydrogens (tertiary/aromatic N) is 1. The Bertz CT molecular complexity index is 476. The number of sulfonamides is 1. The quantitative estimate of drug-likeness (QED) is 0.720. The minimum Gasteiger partial charge on any atom is -0.481 e. The van der Waals surface area contributed by atoms with Crippen molar-refractivity contribution in [1.82, 2.24) is 9.62 Å². The molecule has 1 heterocycles. The molecule has 20 heavy (non-hydrogen) atoms. The van der Waals surface area contributed by atoms with Crippen molar-refractivity contribution in [3.63, 3.8) is 0 Å². The van der Waals surface area contributed by atoms with E-state index in [-0.39, 0.29) is 11.7 Å².